The summed E-state index contributed by atoms with van der Waals surface area (Å²) >= 11 is 5.79. The van der Waals surface area contributed by atoms with E-state index in [2.05, 4.69) is 0 Å². The lowest BCUT2D eigenvalue weighted by Crippen LogP contribution is -2.31. The fourth-order valence-electron chi connectivity index (χ4n) is 1.06. The zero-order valence-corrected chi connectivity index (χ0v) is 10.1. The molecule has 0 aliphatic carbocycles. The summed E-state index contributed by atoms with van der Waals surface area (Å²) in [7, 11) is 1.72. The zero-order chi connectivity index (χ0) is 12.1. The SMILES string of the molecule is CCN(C)C(=O)COc1cc(Cl)ccc1N. The fourth-order valence-corrected chi connectivity index (χ4v) is 1.22. The van der Waals surface area contributed by atoms with Crippen molar-refractivity contribution in [2.24, 2.45) is 0 Å². The highest BCUT2D eigenvalue weighted by atomic mass is 35.5. The number of carbonyl (C=O) groups is 1. The number of benzene rings is 1. The zero-order valence-electron chi connectivity index (χ0n) is 9.37. The van der Waals surface area contributed by atoms with Crippen LogP contribution in [-0.4, -0.2) is 31.0 Å². The maximum Gasteiger partial charge on any atom is 0.260 e. The van der Waals surface area contributed by atoms with E-state index >= 15 is 0 Å². The van der Waals surface area contributed by atoms with Crippen molar-refractivity contribution in [1.29, 1.82) is 0 Å². The number of nitrogen functional groups attached to an aromatic ring is 1. The minimum Gasteiger partial charge on any atom is -0.482 e. The highest BCUT2D eigenvalue weighted by Crippen LogP contribution is 2.25. The largest absolute Gasteiger partial charge is 0.482 e. The minimum absolute atomic E-state index is 0.0329. The number of ether oxygens (including phenoxy) is 1. The van der Waals surface area contributed by atoms with Gasteiger partial charge in [0, 0.05) is 24.7 Å². The average Bonchev–Trinajstić information content (AvgIpc) is 2.28. The van der Waals surface area contributed by atoms with Crippen LogP contribution in [-0.2, 0) is 4.79 Å². The van der Waals surface area contributed by atoms with E-state index in [1.165, 1.54) is 0 Å². The van der Waals surface area contributed by atoms with E-state index in [9.17, 15) is 4.79 Å². The van der Waals surface area contributed by atoms with E-state index in [4.69, 9.17) is 22.1 Å². The van der Waals surface area contributed by atoms with Crippen LogP contribution >= 0.6 is 11.6 Å². The van der Waals surface area contributed by atoms with Crippen molar-refractivity contribution >= 4 is 23.2 Å². The molecule has 0 saturated carbocycles. The third-order valence-corrected chi connectivity index (χ3v) is 2.46. The molecule has 88 valence electrons. The molecule has 4 nitrogen and oxygen atoms in total. The molecule has 0 atom stereocenters. The topological polar surface area (TPSA) is 55.6 Å². The molecule has 1 aromatic carbocycles. The Morgan fingerprint density at radius 3 is 2.88 bits per heavy atom. The molecule has 0 aliphatic rings. The molecule has 0 unspecified atom stereocenters. The number of nitrogens with two attached hydrogens (primary N) is 1. The summed E-state index contributed by atoms with van der Waals surface area (Å²) in [5, 5.41) is 0.528. The van der Waals surface area contributed by atoms with Gasteiger partial charge in [-0.05, 0) is 19.1 Å². The van der Waals surface area contributed by atoms with Crippen LogP contribution < -0.4 is 10.5 Å². The maximum atomic E-state index is 11.5. The van der Waals surface area contributed by atoms with Crippen LogP contribution in [0.5, 0.6) is 5.75 Å². The monoisotopic (exact) mass is 242 g/mol. The van der Waals surface area contributed by atoms with Crippen LogP contribution in [0.4, 0.5) is 5.69 Å². The molecule has 0 saturated heterocycles. The lowest BCUT2D eigenvalue weighted by atomic mass is 10.3. The van der Waals surface area contributed by atoms with Gasteiger partial charge in [-0.3, -0.25) is 4.79 Å². The van der Waals surface area contributed by atoms with Crippen molar-refractivity contribution < 1.29 is 9.53 Å². The second kappa shape index (κ2) is 5.61. The van der Waals surface area contributed by atoms with Crippen molar-refractivity contribution in [3.63, 3.8) is 0 Å². The lowest BCUT2D eigenvalue weighted by molar-refractivity contribution is -0.131. The van der Waals surface area contributed by atoms with Crippen molar-refractivity contribution in [1.82, 2.24) is 4.90 Å². The van der Waals surface area contributed by atoms with Crippen LogP contribution in [0, 0.1) is 0 Å². The Balaban J connectivity index is 2.61. The Morgan fingerprint density at radius 2 is 2.25 bits per heavy atom. The van der Waals surface area contributed by atoms with Gasteiger partial charge in [-0.1, -0.05) is 11.6 Å². The fraction of sp³-hybridized carbons (Fsp3) is 0.364. The number of anilines is 1. The number of likely N-dealkylation sites (N-methyl/N-ethyl adjacent to an activating group) is 1. The molecule has 0 bridgehead atoms. The van der Waals surface area contributed by atoms with Gasteiger partial charge in [-0.2, -0.15) is 0 Å². The molecule has 0 aliphatic heterocycles. The maximum absolute atomic E-state index is 11.5. The Labute approximate surface area is 99.9 Å². The van der Waals surface area contributed by atoms with Gasteiger partial charge in [0.25, 0.3) is 5.91 Å². The standard InChI is InChI=1S/C11H15ClN2O2/c1-3-14(2)11(15)7-16-10-6-8(12)4-5-9(10)13/h4-6H,3,7,13H2,1-2H3. The number of carbonyl (C=O) groups excluding carboxylic acids is 1. The predicted octanol–water partition coefficient (Wildman–Crippen LogP) is 1.78. The van der Waals surface area contributed by atoms with Gasteiger partial charge in [0.2, 0.25) is 0 Å². The van der Waals surface area contributed by atoms with Crippen LogP contribution in [0.15, 0.2) is 18.2 Å². The Bertz CT molecular complexity index is 382. The van der Waals surface area contributed by atoms with Crippen LogP contribution in [0.25, 0.3) is 0 Å². The Kier molecular flexibility index (Phi) is 4.43. The highest BCUT2D eigenvalue weighted by molar-refractivity contribution is 6.30. The molecular formula is C11H15ClN2O2. The normalized spacial score (nSPS) is 9.94. The van der Waals surface area contributed by atoms with Gasteiger partial charge in [0.05, 0.1) is 5.69 Å². The van der Waals surface area contributed by atoms with Crippen LogP contribution in [0.3, 0.4) is 0 Å². The molecule has 1 aromatic rings. The summed E-state index contributed by atoms with van der Waals surface area (Å²) in [6.45, 7) is 2.51. The summed E-state index contributed by atoms with van der Waals surface area (Å²) in [6.07, 6.45) is 0. The summed E-state index contributed by atoms with van der Waals surface area (Å²) in [6, 6.07) is 4.91. The van der Waals surface area contributed by atoms with Gasteiger partial charge in [0.15, 0.2) is 6.61 Å². The first-order chi connectivity index (χ1) is 7.54. The molecule has 5 heteroatoms. The summed E-state index contributed by atoms with van der Waals surface area (Å²) in [5.41, 5.74) is 6.14. The Morgan fingerprint density at radius 1 is 1.56 bits per heavy atom. The summed E-state index contributed by atoms with van der Waals surface area (Å²) in [4.78, 5) is 13.0. The molecule has 0 heterocycles. The molecule has 0 radical (unpaired) electrons. The smallest absolute Gasteiger partial charge is 0.260 e. The molecule has 16 heavy (non-hydrogen) atoms. The first-order valence-electron chi connectivity index (χ1n) is 4.96. The highest BCUT2D eigenvalue weighted by Gasteiger charge is 2.09. The third-order valence-electron chi connectivity index (χ3n) is 2.23. The van der Waals surface area contributed by atoms with Gasteiger partial charge in [-0.25, -0.2) is 0 Å². The van der Waals surface area contributed by atoms with Crippen molar-refractivity contribution in [2.75, 3.05) is 25.9 Å². The minimum atomic E-state index is -0.0955. The van der Waals surface area contributed by atoms with Gasteiger partial charge in [-0.15, -0.1) is 0 Å². The molecule has 2 N–H and O–H groups in total. The number of amides is 1. The second-order valence-electron chi connectivity index (χ2n) is 3.38. The summed E-state index contributed by atoms with van der Waals surface area (Å²) < 4.78 is 5.30. The van der Waals surface area contributed by atoms with E-state index in [1.807, 2.05) is 6.92 Å². The number of rotatable bonds is 4. The van der Waals surface area contributed by atoms with Crippen molar-refractivity contribution in [2.45, 2.75) is 6.92 Å². The molecule has 1 amide bonds. The van der Waals surface area contributed by atoms with Gasteiger partial charge >= 0.3 is 0 Å². The molecule has 1 rings (SSSR count). The number of nitrogens with zero attached hydrogens (tertiary/aromatic N) is 1. The van der Waals surface area contributed by atoms with Gasteiger partial charge in [0.1, 0.15) is 5.75 Å². The van der Waals surface area contributed by atoms with E-state index in [0.717, 1.165) is 0 Å². The number of hydrogen-bond acceptors (Lipinski definition) is 3. The molecule has 0 spiro atoms. The van der Waals surface area contributed by atoms with Gasteiger partial charge < -0.3 is 15.4 Å². The van der Waals surface area contributed by atoms with E-state index in [-0.39, 0.29) is 12.5 Å². The second-order valence-corrected chi connectivity index (χ2v) is 3.82. The molecule has 0 aromatic heterocycles. The first-order valence-corrected chi connectivity index (χ1v) is 5.34. The summed E-state index contributed by atoms with van der Waals surface area (Å²) in [5.74, 6) is 0.340. The third kappa shape index (κ3) is 3.31. The predicted molar refractivity (Wildman–Crippen MR) is 64.7 cm³/mol. The van der Waals surface area contributed by atoms with Crippen LogP contribution in [0.2, 0.25) is 5.02 Å². The Hall–Kier alpha value is -1.42. The first kappa shape index (κ1) is 12.6. The average molecular weight is 243 g/mol. The molecular weight excluding hydrogens is 228 g/mol. The van der Waals surface area contributed by atoms with Crippen molar-refractivity contribution in [3.8, 4) is 5.75 Å². The molecule has 0 fully saturated rings. The van der Waals surface area contributed by atoms with Crippen molar-refractivity contribution in [3.05, 3.63) is 23.2 Å². The number of halogens is 1. The van der Waals surface area contributed by atoms with E-state index in [0.29, 0.717) is 23.0 Å². The number of hydrogen-bond donors (Lipinski definition) is 1. The van der Waals surface area contributed by atoms with E-state index in [1.54, 1.807) is 30.1 Å². The van der Waals surface area contributed by atoms with E-state index < -0.39 is 0 Å². The quantitative estimate of drug-likeness (QED) is 0.819. The lowest BCUT2D eigenvalue weighted by Gasteiger charge is -2.15. The van der Waals surface area contributed by atoms with Crippen LogP contribution in [0.1, 0.15) is 6.92 Å².